The predicted octanol–water partition coefficient (Wildman–Crippen LogP) is 4.49. The number of fused-ring (bicyclic) bond motifs is 2. The minimum atomic E-state index is 0.138. The number of nitrogens with zero attached hydrogens (tertiary/aromatic N) is 3. The summed E-state index contributed by atoms with van der Waals surface area (Å²) in [5.74, 6) is 1.15. The smallest absolute Gasteiger partial charge is 0.228 e. The number of rotatable bonds is 3. The number of aromatic nitrogens is 3. The van der Waals surface area contributed by atoms with E-state index in [-0.39, 0.29) is 11.8 Å². The highest BCUT2D eigenvalue weighted by molar-refractivity contribution is 7.20. The highest BCUT2D eigenvalue weighted by Crippen LogP contribution is 2.34. The van der Waals surface area contributed by atoms with Crippen LogP contribution in [-0.2, 0) is 17.6 Å². The van der Waals surface area contributed by atoms with Crippen molar-refractivity contribution in [1.82, 2.24) is 14.8 Å². The first kappa shape index (κ1) is 16.0. The van der Waals surface area contributed by atoms with Gasteiger partial charge in [-0.15, -0.1) is 0 Å². The van der Waals surface area contributed by atoms with Crippen LogP contribution in [0.25, 0.3) is 15.3 Å². The first-order chi connectivity index (χ1) is 12.8. The van der Waals surface area contributed by atoms with Gasteiger partial charge in [-0.05, 0) is 44.2 Å². The van der Waals surface area contributed by atoms with Crippen molar-refractivity contribution in [2.75, 3.05) is 5.32 Å². The van der Waals surface area contributed by atoms with Gasteiger partial charge in [0.1, 0.15) is 5.82 Å². The van der Waals surface area contributed by atoms with Gasteiger partial charge in [-0.1, -0.05) is 42.7 Å². The van der Waals surface area contributed by atoms with Crippen LogP contribution in [0, 0.1) is 5.92 Å². The molecule has 1 N–H and O–H groups in total. The number of nitrogens with one attached hydrogen (secondary N) is 1. The summed E-state index contributed by atoms with van der Waals surface area (Å²) in [7, 11) is 0. The number of amides is 1. The van der Waals surface area contributed by atoms with E-state index < -0.39 is 0 Å². The molecule has 6 heteroatoms. The van der Waals surface area contributed by atoms with Gasteiger partial charge in [0.15, 0.2) is 0 Å². The highest BCUT2D eigenvalue weighted by Gasteiger charge is 2.28. The number of carbonyl (C=O) groups excluding carboxylic acids is 1. The summed E-state index contributed by atoms with van der Waals surface area (Å²) in [6, 6.07) is 8.13. The standard InChI is InChI=1S/C20H22N4OS/c25-19(13-7-2-1-3-8-13)22-18-14-9-6-11-15(14)23-24(18)20-21-16-10-4-5-12-17(16)26-20/h4-5,10,12-13H,1-3,6-9,11H2,(H,22,25). The summed E-state index contributed by atoms with van der Waals surface area (Å²) < 4.78 is 3.01. The first-order valence-electron chi connectivity index (χ1n) is 9.57. The van der Waals surface area contributed by atoms with Crippen LogP contribution in [0.1, 0.15) is 49.8 Å². The molecule has 2 heterocycles. The second-order valence-electron chi connectivity index (χ2n) is 7.33. The van der Waals surface area contributed by atoms with Crippen LogP contribution >= 0.6 is 11.3 Å². The Bertz CT molecular complexity index is 935. The van der Waals surface area contributed by atoms with E-state index in [1.54, 1.807) is 11.3 Å². The lowest BCUT2D eigenvalue weighted by Gasteiger charge is -2.21. The molecule has 5 rings (SSSR count). The fourth-order valence-electron chi connectivity index (χ4n) is 4.19. The Labute approximate surface area is 156 Å². The van der Waals surface area contributed by atoms with Crippen LogP contribution in [0.2, 0.25) is 0 Å². The fourth-order valence-corrected chi connectivity index (χ4v) is 5.12. The second-order valence-corrected chi connectivity index (χ2v) is 8.34. The van der Waals surface area contributed by atoms with Crippen molar-refractivity contribution in [1.29, 1.82) is 0 Å². The van der Waals surface area contributed by atoms with Crippen LogP contribution in [0.5, 0.6) is 0 Å². The number of thiazole rings is 1. The molecule has 0 unspecified atom stereocenters. The molecule has 1 aromatic carbocycles. The van der Waals surface area contributed by atoms with Gasteiger partial charge in [0, 0.05) is 11.5 Å². The largest absolute Gasteiger partial charge is 0.310 e. The fraction of sp³-hybridized carbons (Fsp3) is 0.450. The van der Waals surface area contributed by atoms with Crippen LogP contribution < -0.4 is 5.32 Å². The van der Waals surface area contributed by atoms with Gasteiger partial charge in [-0.25, -0.2) is 4.98 Å². The van der Waals surface area contributed by atoms with Crippen molar-refractivity contribution >= 4 is 33.3 Å². The van der Waals surface area contributed by atoms with Crippen molar-refractivity contribution in [3.05, 3.63) is 35.5 Å². The van der Waals surface area contributed by atoms with Gasteiger partial charge < -0.3 is 5.32 Å². The zero-order valence-corrected chi connectivity index (χ0v) is 15.5. The summed E-state index contributed by atoms with van der Waals surface area (Å²) in [6.07, 6.45) is 8.67. The predicted molar refractivity (Wildman–Crippen MR) is 104 cm³/mol. The van der Waals surface area contributed by atoms with Gasteiger partial charge in [0.25, 0.3) is 0 Å². The number of para-hydroxylation sites is 1. The maximum atomic E-state index is 12.9. The first-order valence-corrected chi connectivity index (χ1v) is 10.4. The van der Waals surface area contributed by atoms with Gasteiger partial charge in [-0.3, -0.25) is 4.79 Å². The molecule has 0 radical (unpaired) electrons. The second kappa shape index (κ2) is 6.50. The Hall–Kier alpha value is -2.21. The molecule has 5 nitrogen and oxygen atoms in total. The summed E-state index contributed by atoms with van der Waals surface area (Å²) in [4.78, 5) is 17.6. The summed E-state index contributed by atoms with van der Waals surface area (Å²) in [5.41, 5.74) is 3.30. The third-order valence-electron chi connectivity index (χ3n) is 5.59. The molecule has 2 aliphatic rings. The number of carbonyl (C=O) groups is 1. The number of anilines is 1. The third-order valence-corrected chi connectivity index (χ3v) is 6.60. The molecule has 134 valence electrons. The maximum absolute atomic E-state index is 12.9. The summed E-state index contributed by atoms with van der Waals surface area (Å²) in [6.45, 7) is 0. The Balaban J connectivity index is 1.52. The van der Waals surface area contributed by atoms with Crippen LogP contribution in [0.3, 0.4) is 0 Å². The third kappa shape index (κ3) is 2.72. The van der Waals surface area contributed by atoms with E-state index in [0.717, 1.165) is 71.8 Å². The average Bonchev–Trinajstić information content (AvgIpc) is 3.37. The normalized spacial score (nSPS) is 17.5. The molecule has 26 heavy (non-hydrogen) atoms. The molecule has 1 saturated carbocycles. The molecule has 0 bridgehead atoms. The Kier molecular flexibility index (Phi) is 4.00. The topological polar surface area (TPSA) is 59.8 Å². The Morgan fingerprint density at radius 3 is 2.81 bits per heavy atom. The minimum Gasteiger partial charge on any atom is -0.310 e. The van der Waals surface area contributed by atoms with Gasteiger partial charge in [-0.2, -0.15) is 9.78 Å². The van der Waals surface area contributed by atoms with Crippen molar-refractivity contribution < 1.29 is 4.79 Å². The van der Waals surface area contributed by atoms with E-state index in [2.05, 4.69) is 11.4 Å². The van der Waals surface area contributed by atoms with Gasteiger partial charge >= 0.3 is 0 Å². The van der Waals surface area contributed by atoms with Crippen molar-refractivity contribution in [2.45, 2.75) is 51.4 Å². The molecule has 0 aliphatic heterocycles. The Morgan fingerprint density at radius 1 is 1.12 bits per heavy atom. The molecule has 1 amide bonds. The van der Waals surface area contributed by atoms with E-state index in [1.165, 1.54) is 12.0 Å². The van der Waals surface area contributed by atoms with E-state index in [1.807, 2.05) is 22.9 Å². The molecule has 3 aromatic rings. The zero-order chi connectivity index (χ0) is 17.5. The highest BCUT2D eigenvalue weighted by atomic mass is 32.1. The Morgan fingerprint density at radius 2 is 1.96 bits per heavy atom. The van der Waals surface area contributed by atoms with Crippen molar-refractivity contribution in [3.63, 3.8) is 0 Å². The van der Waals surface area contributed by atoms with Crippen LogP contribution in [0.15, 0.2) is 24.3 Å². The number of benzene rings is 1. The maximum Gasteiger partial charge on any atom is 0.228 e. The minimum absolute atomic E-state index is 0.138. The lowest BCUT2D eigenvalue weighted by molar-refractivity contribution is -0.120. The zero-order valence-electron chi connectivity index (χ0n) is 14.7. The van der Waals surface area contributed by atoms with Crippen LogP contribution in [-0.4, -0.2) is 20.7 Å². The lowest BCUT2D eigenvalue weighted by atomic mass is 9.88. The molecule has 0 saturated heterocycles. The lowest BCUT2D eigenvalue weighted by Crippen LogP contribution is -2.26. The molecule has 0 spiro atoms. The van der Waals surface area contributed by atoms with Crippen molar-refractivity contribution in [3.8, 4) is 5.13 Å². The van der Waals surface area contributed by atoms with Crippen molar-refractivity contribution in [2.24, 2.45) is 5.92 Å². The van der Waals surface area contributed by atoms with E-state index in [4.69, 9.17) is 10.1 Å². The molecular weight excluding hydrogens is 344 g/mol. The number of aryl methyl sites for hydroxylation is 1. The molecule has 2 aromatic heterocycles. The SMILES string of the molecule is O=C(Nc1c2c(nn1-c1nc3ccccc3s1)CCC2)C1CCCCC1. The summed E-state index contributed by atoms with van der Waals surface area (Å²) >= 11 is 1.62. The monoisotopic (exact) mass is 366 g/mol. The average molecular weight is 366 g/mol. The van der Waals surface area contributed by atoms with E-state index in [9.17, 15) is 4.79 Å². The van der Waals surface area contributed by atoms with Gasteiger partial charge in [0.05, 0.1) is 15.9 Å². The molecule has 1 fully saturated rings. The number of hydrogen-bond donors (Lipinski definition) is 1. The van der Waals surface area contributed by atoms with E-state index in [0.29, 0.717) is 0 Å². The summed E-state index contributed by atoms with van der Waals surface area (Å²) in [5, 5.41) is 8.87. The quantitative estimate of drug-likeness (QED) is 0.743. The number of hydrogen-bond acceptors (Lipinski definition) is 4. The molecule has 0 atom stereocenters. The van der Waals surface area contributed by atoms with Crippen LogP contribution in [0.4, 0.5) is 5.82 Å². The molecule has 2 aliphatic carbocycles. The molecular formula is C20H22N4OS. The van der Waals surface area contributed by atoms with Gasteiger partial charge in [0.2, 0.25) is 11.0 Å². The van der Waals surface area contributed by atoms with E-state index >= 15 is 0 Å².